The van der Waals surface area contributed by atoms with Crippen LogP contribution in [0.5, 0.6) is 0 Å². The minimum atomic E-state index is -0.0190. The van der Waals surface area contributed by atoms with Crippen molar-refractivity contribution in [2.24, 2.45) is 5.73 Å². The van der Waals surface area contributed by atoms with Crippen LogP contribution in [0.3, 0.4) is 0 Å². The molecule has 1 aromatic carbocycles. The van der Waals surface area contributed by atoms with E-state index in [1.54, 1.807) is 6.07 Å². The molecule has 2 rings (SSSR count). The van der Waals surface area contributed by atoms with Crippen LogP contribution in [0.25, 0.3) is 0 Å². The number of nitrogens with zero attached hydrogens (tertiary/aromatic N) is 1. The quantitative estimate of drug-likeness (QED) is 0.875. The lowest BCUT2D eigenvalue weighted by atomic mass is 10.2. The van der Waals surface area contributed by atoms with Crippen molar-refractivity contribution >= 4 is 23.2 Å². The maximum atomic E-state index is 11.9. The number of rotatable bonds is 3. The van der Waals surface area contributed by atoms with E-state index in [-0.39, 0.29) is 11.9 Å². The number of aryl methyl sites for hydroxylation is 1. The summed E-state index contributed by atoms with van der Waals surface area (Å²) in [7, 11) is 0. The van der Waals surface area contributed by atoms with Gasteiger partial charge >= 0.3 is 0 Å². The molecular formula is C13H18ClN3O. The van der Waals surface area contributed by atoms with Gasteiger partial charge in [-0.25, -0.2) is 0 Å². The predicted octanol–water partition coefficient (Wildman–Crippen LogP) is 1.62. The highest BCUT2D eigenvalue weighted by molar-refractivity contribution is 6.31. The van der Waals surface area contributed by atoms with Crippen LogP contribution in [0.4, 0.5) is 5.69 Å². The molecule has 0 bridgehead atoms. The number of carbonyl (C=O) groups excluding carboxylic acids is 1. The van der Waals surface area contributed by atoms with E-state index in [1.165, 1.54) is 0 Å². The van der Waals surface area contributed by atoms with Crippen LogP contribution in [0.15, 0.2) is 18.2 Å². The molecule has 1 aromatic rings. The maximum absolute atomic E-state index is 11.9. The van der Waals surface area contributed by atoms with Crippen LogP contribution >= 0.6 is 11.6 Å². The maximum Gasteiger partial charge on any atom is 0.238 e. The molecule has 0 saturated carbocycles. The molecule has 0 aliphatic carbocycles. The third-order valence-electron chi connectivity index (χ3n) is 3.15. The highest BCUT2D eigenvalue weighted by Gasteiger charge is 2.21. The van der Waals surface area contributed by atoms with Gasteiger partial charge < -0.3 is 11.1 Å². The standard InChI is InChI=1S/C13H18ClN3O/c1-9-2-3-10(14)6-12(9)16-13(18)8-17-5-4-11(15)7-17/h2-3,6,11H,4-5,7-8,15H2,1H3,(H,16,18)/t11-/m0/s1. The fourth-order valence-electron chi connectivity index (χ4n) is 2.13. The number of carbonyl (C=O) groups is 1. The molecule has 5 heteroatoms. The van der Waals surface area contributed by atoms with Crippen molar-refractivity contribution in [2.75, 3.05) is 25.0 Å². The summed E-state index contributed by atoms with van der Waals surface area (Å²) in [5, 5.41) is 3.51. The van der Waals surface area contributed by atoms with Crippen molar-refractivity contribution in [3.63, 3.8) is 0 Å². The van der Waals surface area contributed by atoms with Gasteiger partial charge in [0, 0.05) is 29.8 Å². The molecule has 1 atom stereocenters. The molecule has 1 aliphatic heterocycles. The molecule has 0 aromatic heterocycles. The minimum Gasteiger partial charge on any atom is -0.326 e. The summed E-state index contributed by atoms with van der Waals surface area (Å²) in [4.78, 5) is 14.0. The van der Waals surface area contributed by atoms with Gasteiger partial charge in [-0.05, 0) is 31.0 Å². The van der Waals surface area contributed by atoms with E-state index in [2.05, 4.69) is 10.2 Å². The molecule has 1 heterocycles. The van der Waals surface area contributed by atoms with Crippen LogP contribution in [-0.2, 0) is 4.79 Å². The summed E-state index contributed by atoms with van der Waals surface area (Å²) in [5.74, 6) is -0.0190. The van der Waals surface area contributed by atoms with Crippen LogP contribution in [0.2, 0.25) is 5.02 Å². The smallest absolute Gasteiger partial charge is 0.238 e. The average Bonchev–Trinajstić information content (AvgIpc) is 2.69. The summed E-state index contributed by atoms with van der Waals surface area (Å²) < 4.78 is 0. The largest absolute Gasteiger partial charge is 0.326 e. The van der Waals surface area contributed by atoms with Gasteiger partial charge in [-0.2, -0.15) is 0 Å². The van der Waals surface area contributed by atoms with E-state index in [0.717, 1.165) is 30.8 Å². The molecule has 4 nitrogen and oxygen atoms in total. The number of halogens is 1. The number of benzene rings is 1. The van der Waals surface area contributed by atoms with Crippen LogP contribution in [-0.4, -0.2) is 36.5 Å². The van der Waals surface area contributed by atoms with Gasteiger partial charge in [-0.15, -0.1) is 0 Å². The average molecular weight is 268 g/mol. The van der Waals surface area contributed by atoms with E-state index in [9.17, 15) is 4.79 Å². The first-order chi connectivity index (χ1) is 8.54. The summed E-state index contributed by atoms with van der Waals surface area (Å²) in [6, 6.07) is 5.67. The van der Waals surface area contributed by atoms with Gasteiger partial charge in [-0.1, -0.05) is 17.7 Å². The molecule has 1 saturated heterocycles. The first-order valence-corrected chi connectivity index (χ1v) is 6.46. The van der Waals surface area contributed by atoms with Gasteiger partial charge in [-0.3, -0.25) is 9.69 Å². The number of nitrogens with one attached hydrogen (secondary N) is 1. The molecular weight excluding hydrogens is 250 g/mol. The molecule has 1 amide bonds. The second kappa shape index (κ2) is 5.69. The van der Waals surface area contributed by atoms with Crippen molar-refractivity contribution < 1.29 is 4.79 Å². The fraction of sp³-hybridized carbons (Fsp3) is 0.462. The molecule has 3 N–H and O–H groups in total. The number of hydrogen-bond acceptors (Lipinski definition) is 3. The van der Waals surface area contributed by atoms with Gasteiger partial charge in [0.15, 0.2) is 0 Å². The van der Waals surface area contributed by atoms with Crippen molar-refractivity contribution in [1.29, 1.82) is 0 Å². The van der Waals surface area contributed by atoms with Crippen LogP contribution < -0.4 is 11.1 Å². The molecule has 1 fully saturated rings. The van der Waals surface area contributed by atoms with E-state index in [1.807, 2.05) is 19.1 Å². The Bertz CT molecular complexity index is 450. The highest BCUT2D eigenvalue weighted by Crippen LogP contribution is 2.20. The third kappa shape index (κ3) is 3.45. The molecule has 98 valence electrons. The van der Waals surface area contributed by atoms with Crippen LogP contribution in [0.1, 0.15) is 12.0 Å². The topological polar surface area (TPSA) is 58.4 Å². The first-order valence-electron chi connectivity index (χ1n) is 6.08. The van der Waals surface area contributed by atoms with E-state index in [0.29, 0.717) is 11.6 Å². The summed E-state index contributed by atoms with van der Waals surface area (Å²) >= 11 is 5.91. The minimum absolute atomic E-state index is 0.0190. The number of hydrogen-bond donors (Lipinski definition) is 2. The summed E-state index contributed by atoms with van der Waals surface area (Å²) in [6.07, 6.45) is 0.962. The van der Waals surface area contributed by atoms with Gasteiger partial charge in [0.2, 0.25) is 5.91 Å². The van der Waals surface area contributed by atoms with Gasteiger partial charge in [0.05, 0.1) is 6.54 Å². The Morgan fingerprint density at radius 1 is 1.61 bits per heavy atom. The van der Waals surface area contributed by atoms with Crippen molar-refractivity contribution in [3.05, 3.63) is 28.8 Å². The zero-order chi connectivity index (χ0) is 13.1. The van der Waals surface area contributed by atoms with E-state index >= 15 is 0 Å². The highest BCUT2D eigenvalue weighted by atomic mass is 35.5. The number of anilines is 1. The summed E-state index contributed by atoms with van der Waals surface area (Å²) in [5.41, 5.74) is 7.59. The normalized spacial score (nSPS) is 20.1. The lowest BCUT2D eigenvalue weighted by molar-refractivity contribution is -0.117. The van der Waals surface area contributed by atoms with E-state index < -0.39 is 0 Å². The first kappa shape index (κ1) is 13.3. The Balaban J connectivity index is 1.92. The third-order valence-corrected chi connectivity index (χ3v) is 3.38. The molecule has 0 radical (unpaired) electrons. The second-order valence-corrected chi connectivity index (χ2v) is 5.23. The van der Waals surface area contributed by atoms with Crippen molar-refractivity contribution in [2.45, 2.75) is 19.4 Å². The van der Waals surface area contributed by atoms with Crippen molar-refractivity contribution in [3.8, 4) is 0 Å². The SMILES string of the molecule is Cc1ccc(Cl)cc1NC(=O)CN1CC[C@H](N)C1. The Kier molecular flexibility index (Phi) is 4.22. The lowest BCUT2D eigenvalue weighted by Gasteiger charge is -2.15. The lowest BCUT2D eigenvalue weighted by Crippen LogP contribution is -2.33. The fourth-order valence-corrected chi connectivity index (χ4v) is 2.30. The Labute approximate surface area is 112 Å². The second-order valence-electron chi connectivity index (χ2n) is 4.79. The van der Waals surface area contributed by atoms with Gasteiger partial charge in [0.1, 0.15) is 0 Å². The zero-order valence-corrected chi connectivity index (χ0v) is 11.2. The number of nitrogens with two attached hydrogens (primary N) is 1. The molecule has 18 heavy (non-hydrogen) atoms. The number of amides is 1. The molecule has 0 spiro atoms. The monoisotopic (exact) mass is 267 g/mol. The predicted molar refractivity (Wildman–Crippen MR) is 73.9 cm³/mol. The Morgan fingerprint density at radius 3 is 3.06 bits per heavy atom. The Hall–Kier alpha value is -1.10. The number of likely N-dealkylation sites (tertiary alicyclic amines) is 1. The zero-order valence-electron chi connectivity index (χ0n) is 10.4. The van der Waals surface area contributed by atoms with Gasteiger partial charge in [0.25, 0.3) is 0 Å². The molecule has 0 unspecified atom stereocenters. The van der Waals surface area contributed by atoms with Crippen molar-refractivity contribution in [1.82, 2.24) is 4.90 Å². The van der Waals surface area contributed by atoms with E-state index in [4.69, 9.17) is 17.3 Å². The van der Waals surface area contributed by atoms with Crippen LogP contribution in [0, 0.1) is 6.92 Å². The molecule has 1 aliphatic rings. The Morgan fingerprint density at radius 2 is 2.39 bits per heavy atom. The summed E-state index contributed by atoms with van der Waals surface area (Å²) in [6.45, 7) is 4.02.